The van der Waals surface area contributed by atoms with Gasteiger partial charge in [0.2, 0.25) is 0 Å². The summed E-state index contributed by atoms with van der Waals surface area (Å²) in [6.45, 7) is 5.90. The van der Waals surface area contributed by atoms with Gasteiger partial charge in [0.1, 0.15) is 0 Å². The summed E-state index contributed by atoms with van der Waals surface area (Å²) in [6.07, 6.45) is 1.13. The molecule has 0 saturated carbocycles. The monoisotopic (exact) mass is 304 g/mol. The van der Waals surface area contributed by atoms with Crippen molar-refractivity contribution in [1.29, 1.82) is 0 Å². The molecule has 0 aromatic heterocycles. The highest BCUT2D eigenvalue weighted by molar-refractivity contribution is 8.00. The number of benzene rings is 1. The van der Waals surface area contributed by atoms with Crippen LogP contribution in [-0.2, 0) is 6.54 Å². The third-order valence-corrected chi connectivity index (χ3v) is 4.24. The Morgan fingerprint density at radius 1 is 1.30 bits per heavy atom. The molecule has 2 nitrogen and oxygen atoms in total. The zero-order valence-electron chi connectivity index (χ0n) is 11.4. The van der Waals surface area contributed by atoms with Crippen molar-refractivity contribution in [3.8, 4) is 0 Å². The second-order valence-corrected chi connectivity index (χ2v) is 6.04. The molecule has 0 bridgehead atoms. The molecular weight excluding hydrogens is 285 g/mol. The van der Waals surface area contributed by atoms with E-state index in [0.29, 0.717) is 6.04 Å². The molecule has 1 aromatic carbocycles. The molecule has 0 spiro atoms. The van der Waals surface area contributed by atoms with Crippen LogP contribution in [0.15, 0.2) is 29.2 Å². The molecule has 1 unspecified atom stereocenters. The first-order valence-corrected chi connectivity index (χ1v) is 7.59. The predicted octanol–water partition coefficient (Wildman–Crippen LogP) is 3.48. The van der Waals surface area contributed by atoms with Crippen LogP contribution in [0.3, 0.4) is 0 Å². The summed E-state index contributed by atoms with van der Waals surface area (Å²) in [5.74, 6) is 0. The lowest BCUT2D eigenvalue weighted by atomic mass is 10.1. The lowest BCUT2D eigenvalue weighted by Gasteiger charge is -2.27. The van der Waals surface area contributed by atoms with Gasteiger partial charge in [0.15, 0.2) is 0 Å². The fourth-order valence-corrected chi connectivity index (χ4v) is 3.02. The van der Waals surface area contributed by atoms with Gasteiger partial charge in [-0.2, -0.15) is 13.2 Å². The van der Waals surface area contributed by atoms with Crippen molar-refractivity contribution in [2.45, 2.75) is 36.3 Å². The zero-order valence-corrected chi connectivity index (χ0v) is 12.2. The van der Waals surface area contributed by atoms with Crippen molar-refractivity contribution in [3.63, 3.8) is 0 Å². The van der Waals surface area contributed by atoms with E-state index in [1.54, 1.807) is 24.3 Å². The van der Waals surface area contributed by atoms with Crippen molar-refractivity contribution in [2.24, 2.45) is 0 Å². The number of likely N-dealkylation sites (N-methyl/N-ethyl adjacent to an activating group) is 1. The van der Waals surface area contributed by atoms with Gasteiger partial charge < -0.3 is 5.32 Å². The van der Waals surface area contributed by atoms with Gasteiger partial charge in [-0.05, 0) is 49.0 Å². The van der Waals surface area contributed by atoms with Gasteiger partial charge in [-0.25, -0.2) is 0 Å². The highest BCUT2D eigenvalue weighted by Crippen LogP contribution is 2.36. The Labute approximate surface area is 121 Å². The Balaban J connectivity index is 1.95. The van der Waals surface area contributed by atoms with Crippen LogP contribution in [0, 0.1) is 0 Å². The smallest absolute Gasteiger partial charge is 0.315 e. The first-order valence-electron chi connectivity index (χ1n) is 6.77. The number of nitrogens with zero attached hydrogens (tertiary/aromatic N) is 1. The molecule has 1 N–H and O–H groups in total. The topological polar surface area (TPSA) is 15.3 Å². The maximum Gasteiger partial charge on any atom is 0.446 e. The van der Waals surface area contributed by atoms with E-state index in [0.717, 1.165) is 38.2 Å². The Kier molecular flexibility index (Phi) is 5.35. The normalized spacial score (nSPS) is 19.8. The Morgan fingerprint density at radius 3 is 2.50 bits per heavy atom. The number of alkyl halides is 3. The maximum absolute atomic E-state index is 12.3. The minimum atomic E-state index is -4.22. The van der Waals surface area contributed by atoms with Gasteiger partial charge in [0.05, 0.1) is 0 Å². The van der Waals surface area contributed by atoms with Crippen LogP contribution in [0.2, 0.25) is 0 Å². The number of hydrogen-bond acceptors (Lipinski definition) is 3. The van der Waals surface area contributed by atoms with E-state index in [9.17, 15) is 13.2 Å². The Morgan fingerprint density at radius 2 is 2.00 bits per heavy atom. The van der Waals surface area contributed by atoms with Crippen molar-refractivity contribution >= 4 is 11.8 Å². The van der Waals surface area contributed by atoms with E-state index in [-0.39, 0.29) is 16.7 Å². The molecule has 1 saturated heterocycles. The SMILES string of the molecule is CCN(Cc1ccc(SC(F)(F)F)cc1)C1CCNC1. The quantitative estimate of drug-likeness (QED) is 0.838. The molecule has 1 heterocycles. The van der Waals surface area contributed by atoms with Crippen LogP contribution in [0.4, 0.5) is 13.2 Å². The summed E-state index contributed by atoms with van der Waals surface area (Å²) in [7, 11) is 0. The minimum Gasteiger partial charge on any atom is -0.315 e. The van der Waals surface area contributed by atoms with Crippen LogP contribution >= 0.6 is 11.8 Å². The molecule has 112 valence electrons. The lowest BCUT2D eigenvalue weighted by molar-refractivity contribution is -0.0328. The second-order valence-electron chi connectivity index (χ2n) is 4.90. The summed E-state index contributed by atoms with van der Waals surface area (Å²) in [6, 6.07) is 7.21. The molecule has 0 aliphatic carbocycles. The fraction of sp³-hybridized carbons (Fsp3) is 0.571. The van der Waals surface area contributed by atoms with E-state index in [4.69, 9.17) is 0 Å². The van der Waals surface area contributed by atoms with Crippen molar-refractivity contribution in [1.82, 2.24) is 10.2 Å². The summed E-state index contributed by atoms with van der Waals surface area (Å²) >= 11 is -0.0642. The number of nitrogens with one attached hydrogen (secondary N) is 1. The van der Waals surface area contributed by atoms with Gasteiger partial charge in [0.25, 0.3) is 0 Å². The molecule has 0 amide bonds. The number of hydrogen-bond donors (Lipinski definition) is 1. The largest absolute Gasteiger partial charge is 0.446 e. The molecule has 6 heteroatoms. The average molecular weight is 304 g/mol. The third-order valence-electron chi connectivity index (χ3n) is 3.50. The zero-order chi connectivity index (χ0) is 14.6. The van der Waals surface area contributed by atoms with Crippen LogP contribution < -0.4 is 5.32 Å². The fourth-order valence-electron chi connectivity index (χ4n) is 2.48. The van der Waals surface area contributed by atoms with Gasteiger partial charge in [0, 0.05) is 24.0 Å². The Hall–Kier alpha value is -0.720. The van der Waals surface area contributed by atoms with Gasteiger partial charge in [-0.1, -0.05) is 19.1 Å². The van der Waals surface area contributed by atoms with E-state index in [1.807, 2.05) is 0 Å². The molecule has 2 rings (SSSR count). The first kappa shape index (κ1) is 15.7. The van der Waals surface area contributed by atoms with E-state index in [1.165, 1.54) is 0 Å². The minimum absolute atomic E-state index is 0.0642. The molecule has 1 aromatic rings. The Bertz CT molecular complexity index is 413. The molecule has 1 aliphatic heterocycles. The van der Waals surface area contributed by atoms with Crippen molar-refractivity contribution < 1.29 is 13.2 Å². The summed E-state index contributed by atoms with van der Waals surface area (Å²) in [5, 5.41) is 3.34. The molecule has 1 aliphatic rings. The predicted molar refractivity (Wildman–Crippen MR) is 75.7 cm³/mol. The molecule has 20 heavy (non-hydrogen) atoms. The summed E-state index contributed by atoms with van der Waals surface area (Å²) < 4.78 is 36.8. The molecule has 1 atom stereocenters. The van der Waals surface area contributed by atoms with Crippen molar-refractivity contribution in [2.75, 3.05) is 19.6 Å². The van der Waals surface area contributed by atoms with Gasteiger partial charge >= 0.3 is 5.51 Å². The third kappa shape index (κ3) is 4.68. The van der Waals surface area contributed by atoms with Crippen LogP contribution in [0.25, 0.3) is 0 Å². The highest BCUT2D eigenvalue weighted by atomic mass is 32.2. The molecule has 1 fully saturated rings. The van der Waals surface area contributed by atoms with Crippen LogP contribution in [0.1, 0.15) is 18.9 Å². The maximum atomic E-state index is 12.3. The average Bonchev–Trinajstić information content (AvgIpc) is 2.90. The van der Waals surface area contributed by atoms with Crippen molar-refractivity contribution in [3.05, 3.63) is 29.8 Å². The van der Waals surface area contributed by atoms with Crippen LogP contribution in [0.5, 0.6) is 0 Å². The standard InChI is InChI=1S/C14H19F3N2S/c1-2-19(12-7-8-18-9-12)10-11-3-5-13(6-4-11)20-14(15,16)17/h3-6,12,18H,2,7-10H2,1H3. The lowest BCUT2D eigenvalue weighted by Crippen LogP contribution is -2.36. The highest BCUT2D eigenvalue weighted by Gasteiger charge is 2.29. The number of rotatable bonds is 5. The second kappa shape index (κ2) is 6.83. The van der Waals surface area contributed by atoms with Gasteiger partial charge in [-0.3, -0.25) is 4.90 Å². The van der Waals surface area contributed by atoms with Gasteiger partial charge in [-0.15, -0.1) is 0 Å². The summed E-state index contributed by atoms with van der Waals surface area (Å²) in [5.41, 5.74) is -3.16. The van der Waals surface area contributed by atoms with E-state index >= 15 is 0 Å². The van der Waals surface area contributed by atoms with Crippen LogP contribution in [-0.4, -0.2) is 36.1 Å². The first-order chi connectivity index (χ1) is 9.48. The van der Waals surface area contributed by atoms with E-state index in [2.05, 4.69) is 17.1 Å². The molecule has 0 radical (unpaired) electrons. The summed E-state index contributed by atoms with van der Waals surface area (Å²) in [4.78, 5) is 2.61. The number of thioether (sulfide) groups is 1. The number of halogens is 3. The van der Waals surface area contributed by atoms with E-state index < -0.39 is 5.51 Å². The molecular formula is C14H19F3N2S.